The molecule has 0 fully saturated rings. The molecule has 0 saturated carbocycles. The first kappa shape index (κ1) is 20.0. The first-order chi connectivity index (χ1) is 13.1. The number of carboxylic acid groups (broad SMARTS) is 1. The number of anilines is 1. The minimum absolute atomic E-state index is 0.185. The summed E-state index contributed by atoms with van der Waals surface area (Å²) >= 11 is 0. The fourth-order valence-electron chi connectivity index (χ4n) is 3.24. The molecule has 2 aromatic carbocycles. The van der Waals surface area contributed by atoms with Gasteiger partial charge in [-0.15, -0.1) is 13.2 Å². The number of rotatable bonds is 5. The number of ether oxygens (including phenoxy) is 1. The van der Waals surface area contributed by atoms with Crippen LogP contribution in [0.5, 0.6) is 5.75 Å². The Bertz CT molecular complexity index is 1020. The van der Waals surface area contributed by atoms with Crippen molar-refractivity contribution in [1.82, 2.24) is 0 Å². The molecule has 0 aromatic heterocycles. The lowest BCUT2D eigenvalue weighted by Crippen LogP contribution is -2.22. The van der Waals surface area contributed by atoms with E-state index in [1.807, 2.05) is 0 Å². The van der Waals surface area contributed by atoms with E-state index in [-0.39, 0.29) is 11.3 Å². The lowest BCUT2D eigenvalue weighted by atomic mass is 9.87. The Morgan fingerprint density at radius 2 is 1.75 bits per heavy atom. The molecular formula is C18H16F3NO5S. The molecule has 0 bridgehead atoms. The third kappa shape index (κ3) is 4.22. The van der Waals surface area contributed by atoms with Crippen LogP contribution in [0.25, 0.3) is 0 Å². The van der Waals surface area contributed by atoms with E-state index in [0.29, 0.717) is 18.4 Å². The number of nitrogens with one attached hydrogen (secondary N) is 1. The van der Waals surface area contributed by atoms with E-state index in [1.54, 1.807) is 6.07 Å². The highest BCUT2D eigenvalue weighted by Gasteiger charge is 2.34. The van der Waals surface area contributed by atoms with Crippen molar-refractivity contribution in [3.8, 4) is 5.75 Å². The highest BCUT2D eigenvalue weighted by molar-refractivity contribution is 7.92. The molecule has 0 amide bonds. The standard InChI is InChI=1S/C18H16F3NO5S/c19-18(20,21)27-14-7-3-4-8-15(14)28(25,26)22-13-10-9-11-5-1-2-6-12(11)16(13)17(23)24/h3-4,7-10,22H,1-2,5-6H2,(H,23,24). The topological polar surface area (TPSA) is 92.7 Å². The van der Waals surface area contributed by atoms with E-state index in [4.69, 9.17) is 0 Å². The molecule has 0 atom stereocenters. The number of aromatic carboxylic acids is 1. The fraction of sp³-hybridized carbons (Fsp3) is 0.278. The SMILES string of the molecule is O=C(O)c1c(NS(=O)(=O)c2ccccc2OC(F)(F)F)ccc2c1CCCC2. The summed E-state index contributed by atoms with van der Waals surface area (Å²) < 4.78 is 69.0. The lowest BCUT2D eigenvalue weighted by molar-refractivity contribution is -0.275. The molecule has 2 aromatic rings. The Hall–Kier alpha value is -2.75. The Morgan fingerprint density at radius 1 is 1.07 bits per heavy atom. The first-order valence-corrected chi connectivity index (χ1v) is 9.82. The van der Waals surface area contributed by atoms with Crippen molar-refractivity contribution in [3.05, 3.63) is 53.1 Å². The zero-order chi connectivity index (χ0) is 20.5. The Kier molecular flexibility index (Phi) is 5.24. The van der Waals surface area contributed by atoms with Crippen LogP contribution in [-0.2, 0) is 22.9 Å². The molecule has 0 saturated heterocycles. The molecular weight excluding hydrogens is 399 g/mol. The number of sulfonamides is 1. The van der Waals surface area contributed by atoms with Crippen molar-refractivity contribution in [2.45, 2.75) is 36.9 Å². The molecule has 0 heterocycles. The van der Waals surface area contributed by atoms with Gasteiger partial charge >= 0.3 is 12.3 Å². The molecule has 150 valence electrons. The van der Waals surface area contributed by atoms with Crippen LogP contribution in [-0.4, -0.2) is 25.9 Å². The van der Waals surface area contributed by atoms with Gasteiger partial charge in [-0.05, 0) is 55.0 Å². The summed E-state index contributed by atoms with van der Waals surface area (Å²) in [6, 6.07) is 7.20. The van der Waals surface area contributed by atoms with Crippen LogP contribution in [0.4, 0.5) is 18.9 Å². The molecule has 0 spiro atoms. The van der Waals surface area contributed by atoms with Crippen molar-refractivity contribution >= 4 is 21.7 Å². The Balaban J connectivity index is 2.04. The summed E-state index contributed by atoms with van der Waals surface area (Å²) in [5.74, 6) is -2.21. The minimum Gasteiger partial charge on any atom is -0.478 e. The third-order valence-corrected chi connectivity index (χ3v) is 5.76. The normalized spacial score (nSPS) is 14.2. The number of alkyl halides is 3. The van der Waals surface area contributed by atoms with E-state index in [1.165, 1.54) is 18.2 Å². The van der Waals surface area contributed by atoms with Gasteiger partial charge in [0.15, 0.2) is 0 Å². The number of benzene rings is 2. The van der Waals surface area contributed by atoms with Gasteiger partial charge in [-0.25, -0.2) is 13.2 Å². The average Bonchev–Trinajstić information content (AvgIpc) is 2.59. The molecule has 1 aliphatic carbocycles. The number of halogens is 3. The van der Waals surface area contributed by atoms with Gasteiger partial charge in [0.25, 0.3) is 10.0 Å². The number of aryl methyl sites for hydroxylation is 1. The van der Waals surface area contributed by atoms with Gasteiger partial charge in [0.2, 0.25) is 0 Å². The van der Waals surface area contributed by atoms with Gasteiger partial charge in [-0.1, -0.05) is 18.2 Å². The van der Waals surface area contributed by atoms with E-state index in [2.05, 4.69) is 9.46 Å². The summed E-state index contributed by atoms with van der Waals surface area (Å²) in [7, 11) is -4.54. The largest absolute Gasteiger partial charge is 0.573 e. The van der Waals surface area contributed by atoms with Crippen LogP contribution in [0.1, 0.15) is 34.3 Å². The Labute approximate surface area is 159 Å². The van der Waals surface area contributed by atoms with Crippen LogP contribution < -0.4 is 9.46 Å². The molecule has 3 rings (SSSR count). The minimum atomic E-state index is -5.08. The third-order valence-electron chi connectivity index (χ3n) is 4.36. The maximum Gasteiger partial charge on any atom is 0.573 e. The van der Waals surface area contributed by atoms with Gasteiger partial charge in [-0.2, -0.15) is 0 Å². The van der Waals surface area contributed by atoms with Crippen LogP contribution in [0.15, 0.2) is 41.3 Å². The number of fused-ring (bicyclic) bond motifs is 1. The van der Waals surface area contributed by atoms with E-state index >= 15 is 0 Å². The zero-order valence-electron chi connectivity index (χ0n) is 14.4. The quantitative estimate of drug-likeness (QED) is 0.771. The number of carbonyl (C=O) groups is 1. The maximum absolute atomic E-state index is 12.7. The summed E-state index contributed by atoms with van der Waals surface area (Å²) in [5.41, 5.74) is 0.983. The highest BCUT2D eigenvalue weighted by Crippen LogP contribution is 2.34. The zero-order valence-corrected chi connectivity index (χ0v) is 15.2. The van der Waals surface area contributed by atoms with Crippen molar-refractivity contribution in [3.63, 3.8) is 0 Å². The van der Waals surface area contributed by atoms with E-state index in [0.717, 1.165) is 30.5 Å². The monoisotopic (exact) mass is 415 g/mol. The van der Waals surface area contributed by atoms with Crippen LogP contribution in [0.3, 0.4) is 0 Å². The van der Waals surface area contributed by atoms with E-state index in [9.17, 15) is 31.5 Å². The van der Waals surface area contributed by atoms with Gasteiger partial charge in [0, 0.05) is 0 Å². The number of hydrogen-bond acceptors (Lipinski definition) is 4. The summed E-state index contributed by atoms with van der Waals surface area (Å²) in [6.45, 7) is 0. The number of carboxylic acids is 1. The first-order valence-electron chi connectivity index (χ1n) is 8.34. The second kappa shape index (κ2) is 7.34. The molecule has 0 aliphatic heterocycles. The van der Waals surface area contributed by atoms with Crippen LogP contribution in [0.2, 0.25) is 0 Å². The van der Waals surface area contributed by atoms with Gasteiger partial charge in [-0.3, -0.25) is 4.72 Å². The molecule has 28 heavy (non-hydrogen) atoms. The second-order valence-corrected chi connectivity index (χ2v) is 7.89. The van der Waals surface area contributed by atoms with Gasteiger partial charge in [0.05, 0.1) is 11.3 Å². The van der Waals surface area contributed by atoms with E-state index < -0.39 is 33.0 Å². The number of hydrogen-bond donors (Lipinski definition) is 2. The van der Waals surface area contributed by atoms with Gasteiger partial charge < -0.3 is 9.84 Å². The lowest BCUT2D eigenvalue weighted by Gasteiger charge is -2.21. The molecule has 1 aliphatic rings. The smallest absolute Gasteiger partial charge is 0.478 e. The van der Waals surface area contributed by atoms with Crippen molar-refractivity contribution < 1.29 is 36.2 Å². The van der Waals surface area contributed by atoms with Crippen LogP contribution >= 0.6 is 0 Å². The van der Waals surface area contributed by atoms with Crippen molar-refractivity contribution in [1.29, 1.82) is 0 Å². The van der Waals surface area contributed by atoms with Crippen LogP contribution in [0, 0.1) is 0 Å². The predicted octanol–water partition coefficient (Wildman–Crippen LogP) is 3.96. The summed E-state index contributed by atoms with van der Waals surface area (Å²) in [5, 5.41) is 9.59. The molecule has 2 N–H and O–H groups in total. The number of para-hydroxylation sites is 1. The predicted molar refractivity (Wildman–Crippen MR) is 94.0 cm³/mol. The Morgan fingerprint density at radius 3 is 2.43 bits per heavy atom. The highest BCUT2D eigenvalue weighted by atomic mass is 32.2. The molecule has 0 radical (unpaired) electrons. The average molecular weight is 415 g/mol. The summed E-state index contributed by atoms with van der Waals surface area (Å²) in [4.78, 5) is 11.0. The van der Waals surface area contributed by atoms with Crippen molar-refractivity contribution in [2.24, 2.45) is 0 Å². The molecule has 10 heteroatoms. The summed E-state index contributed by atoms with van der Waals surface area (Å²) in [6.07, 6.45) is -2.24. The molecule has 0 unspecified atom stereocenters. The second-order valence-electron chi connectivity index (χ2n) is 6.24. The van der Waals surface area contributed by atoms with Crippen molar-refractivity contribution in [2.75, 3.05) is 4.72 Å². The maximum atomic E-state index is 12.7. The fourth-order valence-corrected chi connectivity index (χ4v) is 4.44. The van der Waals surface area contributed by atoms with Gasteiger partial charge in [0.1, 0.15) is 10.6 Å². The molecule has 6 nitrogen and oxygen atoms in total.